The number of hydrogen-bond acceptors (Lipinski definition) is 6. The average Bonchev–Trinajstić information content (AvgIpc) is 3.20. The van der Waals surface area contributed by atoms with Gasteiger partial charge < -0.3 is 19.3 Å². The summed E-state index contributed by atoms with van der Waals surface area (Å²) >= 11 is 0. The highest BCUT2D eigenvalue weighted by Gasteiger charge is 2.30. The molecule has 0 aliphatic heterocycles. The molecule has 1 N–H and O–H groups in total. The Morgan fingerprint density at radius 2 is 0.763 bits per heavy atom. The molecule has 0 fully saturated rings. The van der Waals surface area contributed by atoms with Crippen LogP contribution in [0.25, 0.3) is 0 Å². The van der Waals surface area contributed by atoms with Crippen LogP contribution in [-0.4, -0.2) is 37.4 Å². The zero-order valence-corrected chi connectivity index (χ0v) is 40.1. The molecule has 6 heteroatoms. The monoisotopic (exact) mass is 829 g/mol. The van der Waals surface area contributed by atoms with Crippen LogP contribution in [0.3, 0.4) is 0 Å². The van der Waals surface area contributed by atoms with Gasteiger partial charge >= 0.3 is 11.9 Å². The van der Waals surface area contributed by atoms with Crippen LogP contribution in [0.4, 0.5) is 0 Å². The second-order valence-electron chi connectivity index (χ2n) is 19.2. The third kappa shape index (κ3) is 28.1. The summed E-state index contributed by atoms with van der Waals surface area (Å²) in [6.45, 7) is 14.1. The molecular weight excluding hydrogens is 733 g/mol. The molecule has 0 heterocycles. The van der Waals surface area contributed by atoms with Gasteiger partial charge in [0.05, 0.1) is 20.3 Å². The fourth-order valence-corrected chi connectivity index (χ4v) is 8.54. The summed E-state index contributed by atoms with van der Waals surface area (Å²) in [5.74, 6) is 0.727. The standard InChI is InChI=1S/C53H96O6/c1-8-10-12-14-16-18-20-22-24-26-28-30-32-34-42-58-50(55)38-36-40-52(3,4)46-45-49(57-7)47(44-48(46)54)53(5,6)41-37-39-51(56)59-43-35-33-31-29-27-25-23-21-19-17-15-13-11-9-2/h44-45,54H,8-43H2,1-7H3. The van der Waals surface area contributed by atoms with Crippen LogP contribution in [0.2, 0.25) is 0 Å². The van der Waals surface area contributed by atoms with Gasteiger partial charge in [-0.1, -0.05) is 208 Å². The van der Waals surface area contributed by atoms with Crippen molar-refractivity contribution in [3.63, 3.8) is 0 Å². The number of carbonyl (C=O) groups is 2. The third-order valence-electron chi connectivity index (χ3n) is 12.7. The van der Waals surface area contributed by atoms with E-state index in [1.807, 2.05) is 12.1 Å². The SMILES string of the molecule is CCCCCCCCCCCCCCCCOC(=O)CCCC(C)(C)c1cc(OC)c(C(C)(C)CCCC(=O)OCCCCCCCCCCCCCCCC)cc1O. The van der Waals surface area contributed by atoms with E-state index in [-0.39, 0.29) is 28.5 Å². The van der Waals surface area contributed by atoms with Gasteiger partial charge in [0.1, 0.15) is 11.5 Å². The van der Waals surface area contributed by atoms with Gasteiger partial charge in [0.15, 0.2) is 0 Å². The Morgan fingerprint density at radius 3 is 1.08 bits per heavy atom. The molecule has 1 rings (SSSR count). The summed E-state index contributed by atoms with van der Waals surface area (Å²) in [4.78, 5) is 25.0. The highest BCUT2D eigenvalue weighted by molar-refractivity contribution is 5.69. The lowest BCUT2D eigenvalue weighted by molar-refractivity contribution is -0.144. The Kier molecular flexibility index (Phi) is 32.8. The van der Waals surface area contributed by atoms with Gasteiger partial charge in [-0.25, -0.2) is 0 Å². The summed E-state index contributed by atoms with van der Waals surface area (Å²) in [5.41, 5.74) is 1.08. The number of methoxy groups -OCH3 is 1. The van der Waals surface area contributed by atoms with E-state index in [0.717, 1.165) is 55.4 Å². The maximum absolute atomic E-state index is 12.5. The Bertz CT molecular complexity index is 1170. The van der Waals surface area contributed by atoms with Gasteiger partial charge in [-0.2, -0.15) is 0 Å². The molecule has 0 amide bonds. The highest BCUT2D eigenvalue weighted by atomic mass is 16.5. The Hall–Kier alpha value is -2.24. The molecule has 0 aliphatic rings. The summed E-state index contributed by atoms with van der Waals surface area (Å²) in [6, 6.07) is 3.81. The second kappa shape index (κ2) is 35.4. The van der Waals surface area contributed by atoms with Crippen molar-refractivity contribution in [2.45, 2.75) is 271 Å². The second-order valence-corrected chi connectivity index (χ2v) is 19.2. The van der Waals surface area contributed by atoms with E-state index in [1.165, 1.54) is 154 Å². The van der Waals surface area contributed by atoms with E-state index < -0.39 is 0 Å². The van der Waals surface area contributed by atoms with Crippen molar-refractivity contribution in [2.75, 3.05) is 20.3 Å². The number of hydrogen-bond donors (Lipinski definition) is 1. The number of ether oxygens (including phenoxy) is 3. The van der Waals surface area contributed by atoms with E-state index >= 15 is 0 Å². The first-order valence-corrected chi connectivity index (χ1v) is 25.2. The molecule has 0 aliphatic carbocycles. The average molecular weight is 829 g/mol. The number of phenolic OH excluding ortho intramolecular Hbond substituents is 1. The fourth-order valence-electron chi connectivity index (χ4n) is 8.54. The van der Waals surface area contributed by atoms with E-state index in [4.69, 9.17) is 14.2 Å². The zero-order valence-electron chi connectivity index (χ0n) is 40.1. The topological polar surface area (TPSA) is 82.1 Å². The van der Waals surface area contributed by atoms with E-state index in [2.05, 4.69) is 41.5 Å². The Balaban J connectivity index is 2.27. The van der Waals surface area contributed by atoms with Crippen LogP contribution in [0.1, 0.15) is 271 Å². The molecule has 0 aromatic heterocycles. The molecule has 0 spiro atoms. The van der Waals surface area contributed by atoms with Crippen LogP contribution in [0.5, 0.6) is 11.5 Å². The van der Waals surface area contributed by atoms with E-state index in [1.54, 1.807) is 7.11 Å². The summed E-state index contributed by atoms with van der Waals surface area (Å²) in [7, 11) is 1.67. The minimum atomic E-state index is -0.356. The van der Waals surface area contributed by atoms with Gasteiger partial charge in [0.25, 0.3) is 0 Å². The molecule has 0 saturated heterocycles. The minimum Gasteiger partial charge on any atom is -0.508 e. The number of carbonyl (C=O) groups excluding carboxylic acids is 2. The molecule has 0 unspecified atom stereocenters. The van der Waals surface area contributed by atoms with Crippen LogP contribution >= 0.6 is 0 Å². The number of benzene rings is 1. The quantitative estimate of drug-likeness (QED) is 0.0523. The van der Waals surface area contributed by atoms with E-state index in [9.17, 15) is 14.7 Å². The Morgan fingerprint density at radius 1 is 0.458 bits per heavy atom. The van der Waals surface area contributed by atoms with Gasteiger partial charge in [-0.3, -0.25) is 9.59 Å². The van der Waals surface area contributed by atoms with Crippen LogP contribution < -0.4 is 4.74 Å². The zero-order chi connectivity index (χ0) is 43.5. The number of rotatable bonds is 41. The van der Waals surface area contributed by atoms with Crippen molar-refractivity contribution in [3.8, 4) is 11.5 Å². The summed E-state index contributed by atoms with van der Waals surface area (Å²) < 4.78 is 17.0. The normalized spacial score (nSPS) is 11.9. The van der Waals surface area contributed by atoms with Crippen molar-refractivity contribution < 1.29 is 28.9 Å². The van der Waals surface area contributed by atoms with Crippen molar-refractivity contribution in [3.05, 3.63) is 23.3 Å². The molecule has 0 atom stereocenters. The van der Waals surface area contributed by atoms with Crippen molar-refractivity contribution in [1.82, 2.24) is 0 Å². The van der Waals surface area contributed by atoms with Crippen molar-refractivity contribution >= 4 is 11.9 Å². The fraction of sp³-hybridized carbons (Fsp3) is 0.849. The molecule has 344 valence electrons. The number of esters is 2. The molecule has 1 aromatic carbocycles. The van der Waals surface area contributed by atoms with E-state index in [0.29, 0.717) is 38.9 Å². The lowest BCUT2D eigenvalue weighted by Crippen LogP contribution is -2.22. The molecule has 0 bridgehead atoms. The van der Waals surface area contributed by atoms with Crippen LogP contribution in [-0.2, 0) is 29.9 Å². The predicted molar refractivity (Wildman–Crippen MR) is 251 cm³/mol. The third-order valence-corrected chi connectivity index (χ3v) is 12.7. The highest BCUT2D eigenvalue weighted by Crippen LogP contribution is 2.44. The molecule has 1 aromatic rings. The lowest BCUT2D eigenvalue weighted by Gasteiger charge is -2.31. The Labute approximate surface area is 365 Å². The van der Waals surface area contributed by atoms with Crippen LogP contribution in [0, 0.1) is 0 Å². The maximum atomic E-state index is 12.5. The summed E-state index contributed by atoms with van der Waals surface area (Å²) in [6.07, 6.45) is 40.4. The number of unbranched alkanes of at least 4 members (excludes halogenated alkanes) is 26. The van der Waals surface area contributed by atoms with Gasteiger partial charge in [0.2, 0.25) is 0 Å². The minimum absolute atomic E-state index is 0.124. The largest absolute Gasteiger partial charge is 0.508 e. The van der Waals surface area contributed by atoms with Crippen LogP contribution in [0.15, 0.2) is 12.1 Å². The first kappa shape index (κ1) is 54.8. The molecule has 0 radical (unpaired) electrons. The van der Waals surface area contributed by atoms with Crippen molar-refractivity contribution in [2.24, 2.45) is 0 Å². The first-order valence-electron chi connectivity index (χ1n) is 25.2. The van der Waals surface area contributed by atoms with Gasteiger partial charge in [0, 0.05) is 24.0 Å². The lowest BCUT2D eigenvalue weighted by atomic mass is 9.75. The maximum Gasteiger partial charge on any atom is 0.305 e. The smallest absolute Gasteiger partial charge is 0.305 e. The number of aromatic hydroxyl groups is 1. The summed E-state index contributed by atoms with van der Waals surface area (Å²) in [5, 5.41) is 11.3. The molecule has 6 nitrogen and oxygen atoms in total. The van der Waals surface area contributed by atoms with Gasteiger partial charge in [-0.05, 0) is 61.5 Å². The van der Waals surface area contributed by atoms with Gasteiger partial charge in [-0.15, -0.1) is 0 Å². The molecule has 59 heavy (non-hydrogen) atoms. The first-order chi connectivity index (χ1) is 28.5. The van der Waals surface area contributed by atoms with Crippen molar-refractivity contribution in [1.29, 1.82) is 0 Å². The molecule has 0 saturated carbocycles. The number of phenols is 1. The molecular formula is C53H96O6. The predicted octanol–water partition coefficient (Wildman–Crippen LogP) is 16.3.